The lowest BCUT2D eigenvalue weighted by molar-refractivity contribution is -0.120. The Labute approximate surface area is 115 Å². The third-order valence-corrected chi connectivity index (χ3v) is 4.24. The van der Waals surface area contributed by atoms with Crippen molar-refractivity contribution in [2.45, 2.75) is 52.5 Å². The Morgan fingerprint density at radius 1 is 1.05 bits per heavy atom. The molecule has 1 saturated carbocycles. The summed E-state index contributed by atoms with van der Waals surface area (Å²) in [6.07, 6.45) is 3.75. The summed E-state index contributed by atoms with van der Waals surface area (Å²) in [5.41, 5.74) is 10.4. The van der Waals surface area contributed by atoms with E-state index in [-0.39, 0.29) is 17.9 Å². The fourth-order valence-electron chi connectivity index (χ4n) is 2.71. The Bertz CT molecular complexity index is 474. The molecule has 0 spiro atoms. The van der Waals surface area contributed by atoms with Crippen LogP contribution in [0.3, 0.4) is 0 Å². The molecule has 1 aliphatic rings. The van der Waals surface area contributed by atoms with Gasteiger partial charge in [-0.25, -0.2) is 0 Å². The second kappa shape index (κ2) is 5.74. The molecular weight excluding hydrogens is 236 g/mol. The van der Waals surface area contributed by atoms with Crippen LogP contribution in [0.2, 0.25) is 0 Å². The standard InChI is InChI=1S/C16H24N2O/c1-10-8-12(3)15(9-11(10)2)18-16(19)13-4-6-14(17)7-5-13/h8-9,13-14H,4-7,17H2,1-3H3,(H,18,19). The van der Waals surface area contributed by atoms with Crippen LogP contribution in [0.15, 0.2) is 12.1 Å². The van der Waals surface area contributed by atoms with E-state index in [9.17, 15) is 4.79 Å². The van der Waals surface area contributed by atoms with Crippen LogP contribution in [0.25, 0.3) is 0 Å². The van der Waals surface area contributed by atoms with Crippen LogP contribution >= 0.6 is 0 Å². The second-order valence-electron chi connectivity index (χ2n) is 5.85. The maximum atomic E-state index is 12.3. The van der Waals surface area contributed by atoms with Gasteiger partial charge in [0.2, 0.25) is 5.91 Å². The molecule has 19 heavy (non-hydrogen) atoms. The Morgan fingerprint density at radius 2 is 1.63 bits per heavy atom. The molecule has 0 atom stereocenters. The molecule has 0 heterocycles. The molecule has 0 aromatic heterocycles. The number of benzene rings is 1. The molecule has 1 aromatic rings. The minimum atomic E-state index is 0.126. The number of carbonyl (C=O) groups excluding carboxylic acids is 1. The first-order valence-corrected chi connectivity index (χ1v) is 7.11. The minimum absolute atomic E-state index is 0.126. The van der Waals surface area contributed by atoms with Gasteiger partial charge in [-0.05, 0) is 69.2 Å². The van der Waals surface area contributed by atoms with Crippen molar-refractivity contribution in [2.24, 2.45) is 11.7 Å². The zero-order chi connectivity index (χ0) is 14.0. The quantitative estimate of drug-likeness (QED) is 0.858. The number of hydrogen-bond acceptors (Lipinski definition) is 2. The van der Waals surface area contributed by atoms with Crippen molar-refractivity contribution in [2.75, 3.05) is 5.32 Å². The van der Waals surface area contributed by atoms with Gasteiger partial charge in [-0.2, -0.15) is 0 Å². The van der Waals surface area contributed by atoms with E-state index in [4.69, 9.17) is 5.73 Å². The summed E-state index contributed by atoms with van der Waals surface area (Å²) in [6.45, 7) is 6.21. The van der Waals surface area contributed by atoms with Crippen molar-refractivity contribution in [1.29, 1.82) is 0 Å². The normalized spacial score (nSPS) is 23.2. The van der Waals surface area contributed by atoms with Gasteiger partial charge >= 0.3 is 0 Å². The number of rotatable bonds is 2. The molecule has 1 fully saturated rings. The average Bonchev–Trinajstić information content (AvgIpc) is 2.36. The van der Waals surface area contributed by atoms with Crippen molar-refractivity contribution >= 4 is 11.6 Å². The summed E-state index contributed by atoms with van der Waals surface area (Å²) >= 11 is 0. The van der Waals surface area contributed by atoms with E-state index >= 15 is 0 Å². The molecule has 3 N–H and O–H groups in total. The van der Waals surface area contributed by atoms with Crippen molar-refractivity contribution in [3.8, 4) is 0 Å². The van der Waals surface area contributed by atoms with Crippen molar-refractivity contribution in [3.63, 3.8) is 0 Å². The van der Waals surface area contributed by atoms with Gasteiger partial charge in [-0.1, -0.05) is 6.07 Å². The molecule has 1 aliphatic carbocycles. The molecule has 1 amide bonds. The maximum absolute atomic E-state index is 12.3. The Morgan fingerprint density at radius 3 is 2.26 bits per heavy atom. The number of anilines is 1. The van der Waals surface area contributed by atoms with E-state index < -0.39 is 0 Å². The molecule has 0 radical (unpaired) electrons. The van der Waals surface area contributed by atoms with E-state index in [1.807, 2.05) is 6.92 Å². The van der Waals surface area contributed by atoms with Crippen LogP contribution in [-0.4, -0.2) is 11.9 Å². The minimum Gasteiger partial charge on any atom is -0.328 e. The summed E-state index contributed by atoms with van der Waals surface area (Å²) in [5, 5.41) is 3.08. The third kappa shape index (κ3) is 3.35. The van der Waals surface area contributed by atoms with Gasteiger partial charge in [0.1, 0.15) is 0 Å². The van der Waals surface area contributed by atoms with E-state index in [0.717, 1.165) is 36.9 Å². The van der Waals surface area contributed by atoms with E-state index in [0.29, 0.717) is 0 Å². The smallest absolute Gasteiger partial charge is 0.227 e. The first-order chi connectivity index (χ1) is 8.97. The number of amides is 1. The highest BCUT2D eigenvalue weighted by Gasteiger charge is 2.24. The van der Waals surface area contributed by atoms with Crippen molar-refractivity contribution < 1.29 is 4.79 Å². The summed E-state index contributed by atoms with van der Waals surface area (Å²) < 4.78 is 0. The number of nitrogens with two attached hydrogens (primary N) is 1. The predicted molar refractivity (Wildman–Crippen MR) is 79.2 cm³/mol. The molecule has 3 nitrogen and oxygen atoms in total. The van der Waals surface area contributed by atoms with Crippen LogP contribution in [0.5, 0.6) is 0 Å². The van der Waals surface area contributed by atoms with Gasteiger partial charge in [0.05, 0.1) is 0 Å². The zero-order valence-corrected chi connectivity index (χ0v) is 12.1. The molecular formula is C16H24N2O. The molecule has 0 unspecified atom stereocenters. The summed E-state index contributed by atoms with van der Waals surface area (Å²) in [7, 11) is 0. The lowest BCUT2D eigenvalue weighted by Gasteiger charge is -2.25. The second-order valence-corrected chi connectivity index (χ2v) is 5.85. The molecule has 2 rings (SSSR count). The largest absolute Gasteiger partial charge is 0.328 e. The van der Waals surface area contributed by atoms with Crippen molar-refractivity contribution in [1.82, 2.24) is 0 Å². The van der Waals surface area contributed by atoms with Crippen LogP contribution in [0.4, 0.5) is 5.69 Å². The Kier molecular flexibility index (Phi) is 4.25. The molecule has 0 bridgehead atoms. The van der Waals surface area contributed by atoms with Crippen LogP contribution in [-0.2, 0) is 4.79 Å². The first-order valence-electron chi connectivity index (χ1n) is 7.11. The van der Waals surface area contributed by atoms with Gasteiger partial charge < -0.3 is 11.1 Å². The van der Waals surface area contributed by atoms with Gasteiger partial charge in [0, 0.05) is 17.6 Å². The molecule has 104 valence electrons. The van der Waals surface area contributed by atoms with E-state index in [1.165, 1.54) is 11.1 Å². The monoisotopic (exact) mass is 260 g/mol. The highest BCUT2D eigenvalue weighted by Crippen LogP contribution is 2.26. The lowest BCUT2D eigenvalue weighted by atomic mass is 9.86. The van der Waals surface area contributed by atoms with Gasteiger partial charge in [0.25, 0.3) is 0 Å². The summed E-state index contributed by atoms with van der Waals surface area (Å²) in [4.78, 5) is 12.3. The number of carbonyl (C=O) groups is 1. The first kappa shape index (κ1) is 14.1. The fourth-order valence-corrected chi connectivity index (χ4v) is 2.71. The Hall–Kier alpha value is -1.35. The van der Waals surface area contributed by atoms with E-state index in [1.54, 1.807) is 0 Å². The predicted octanol–water partition coefficient (Wildman–Crippen LogP) is 3.07. The number of nitrogens with one attached hydrogen (secondary N) is 1. The fraction of sp³-hybridized carbons (Fsp3) is 0.562. The topological polar surface area (TPSA) is 55.1 Å². The van der Waals surface area contributed by atoms with Gasteiger partial charge in [0.15, 0.2) is 0 Å². The number of hydrogen-bond donors (Lipinski definition) is 2. The van der Waals surface area contributed by atoms with E-state index in [2.05, 4.69) is 31.3 Å². The van der Waals surface area contributed by atoms with Gasteiger partial charge in [-0.3, -0.25) is 4.79 Å². The lowest BCUT2D eigenvalue weighted by Crippen LogP contribution is -2.32. The zero-order valence-electron chi connectivity index (χ0n) is 12.1. The SMILES string of the molecule is Cc1cc(C)c(NC(=O)C2CCC(N)CC2)cc1C. The van der Waals surface area contributed by atoms with Crippen molar-refractivity contribution in [3.05, 3.63) is 28.8 Å². The molecule has 3 heteroatoms. The van der Waals surface area contributed by atoms with Crippen LogP contribution < -0.4 is 11.1 Å². The molecule has 1 aromatic carbocycles. The highest BCUT2D eigenvalue weighted by molar-refractivity contribution is 5.93. The maximum Gasteiger partial charge on any atom is 0.227 e. The Balaban J connectivity index is 2.05. The molecule has 0 saturated heterocycles. The summed E-state index contributed by atoms with van der Waals surface area (Å²) in [6, 6.07) is 4.48. The van der Waals surface area contributed by atoms with Crippen LogP contribution in [0.1, 0.15) is 42.4 Å². The highest BCUT2D eigenvalue weighted by atomic mass is 16.1. The third-order valence-electron chi connectivity index (χ3n) is 4.24. The average molecular weight is 260 g/mol. The summed E-state index contributed by atoms with van der Waals surface area (Å²) in [5.74, 6) is 0.277. The molecule has 0 aliphatic heterocycles. The van der Waals surface area contributed by atoms with Crippen LogP contribution in [0, 0.1) is 26.7 Å². The number of aryl methyl sites for hydroxylation is 3. The van der Waals surface area contributed by atoms with Gasteiger partial charge in [-0.15, -0.1) is 0 Å².